The molecule has 1 unspecified atom stereocenters. The van der Waals surface area contributed by atoms with Crippen molar-refractivity contribution in [3.8, 4) is 0 Å². The minimum atomic E-state index is -3.17. The van der Waals surface area contributed by atoms with Crippen LogP contribution >= 0.6 is 0 Å². The van der Waals surface area contributed by atoms with Crippen LogP contribution in [0.25, 0.3) is 0 Å². The molecule has 1 aliphatic rings. The zero-order chi connectivity index (χ0) is 16.9. The van der Waals surface area contributed by atoms with E-state index in [-0.39, 0.29) is 17.6 Å². The summed E-state index contributed by atoms with van der Waals surface area (Å²) in [5, 5.41) is 10.2. The molecule has 0 aliphatic carbocycles. The van der Waals surface area contributed by atoms with Gasteiger partial charge < -0.3 is 10.0 Å². The topological polar surface area (TPSA) is 69.6 Å². The van der Waals surface area contributed by atoms with E-state index in [2.05, 4.69) is 9.62 Å². The van der Waals surface area contributed by atoms with Crippen molar-refractivity contribution in [2.45, 2.75) is 38.3 Å². The van der Waals surface area contributed by atoms with Crippen LogP contribution < -0.4 is 4.72 Å². The van der Waals surface area contributed by atoms with Crippen molar-refractivity contribution in [2.75, 3.05) is 25.4 Å². The number of β-amino-alcohol motifs (C(OH)–C–C–N with tert-alkyl or cyclic N) is 1. The third-order valence-electron chi connectivity index (χ3n) is 4.09. The van der Waals surface area contributed by atoms with E-state index in [1.54, 1.807) is 12.1 Å². The normalized spacial score (nSPS) is 18.9. The predicted octanol–water partition coefficient (Wildman–Crippen LogP) is 1.65. The van der Waals surface area contributed by atoms with Gasteiger partial charge in [0.05, 0.1) is 11.9 Å². The standard InChI is InChI=1S/C16H25FN2O3S/c1-2-11-23(21,22)18-15-7-9-19(10-8-15)12-16(20)13-3-5-14(17)6-4-13/h3-6,15-16,18,20H,2,7-12H2,1H3. The van der Waals surface area contributed by atoms with E-state index in [9.17, 15) is 17.9 Å². The first kappa shape index (κ1) is 18.3. The largest absolute Gasteiger partial charge is 0.387 e. The number of rotatable bonds is 7. The average Bonchev–Trinajstić information content (AvgIpc) is 2.49. The molecule has 5 nitrogen and oxygen atoms in total. The molecule has 1 aromatic rings. The number of aliphatic hydroxyl groups is 1. The first-order valence-electron chi connectivity index (χ1n) is 8.05. The monoisotopic (exact) mass is 344 g/mol. The molecule has 130 valence electrons. The van der Waals surface area contributed by atoms with Crippen molar-refractivity contribution in [1.29, 1.82) is 0 Å². The molecule has 1 atom stereocenters. The third-order valence-corrected chi connectivity index (χ3v) is 5.73. The Bertz CT molecular complexity index is 584. The van der Waals surface area contributed by atoms with Crippen LogP contribution in [0.15, 0.2) is 24.3 Å². The predicted molar refractivity (Wildman–Crippen MR) is 88.0 cm³/mol. The van der Waals surface area contributed by atoms with Gasteiger partial charge in [-0.15, -0.1) is 0 Å². The molecule has 23 heavy (non-hydrogen) atoms. The number of nitrogens with one attached hydrogen (secondary N) is 1. The van der Waals surface area contributed by atoms with Crippen molar-refractivity contribution in [1.82, 2.24) is 9.62 Å². The van der Waals surface area contributed by atoms with Gasteiger partial charge in [0.2, 0.25) is 10.0 Å². The summed E-state index contributed by atoms with van der Waals surface area (Å²) < 4.78 is 39.2. The molecule has 1 aliphatic heterocycles. The van der Waals surface area contributed by atoms with E-state index in [1.807, 2.05) is 6.92 Å². The highest BCUT2D eigenvalue weighted by Crippen LogP contribution is 2.18. The Morgan fingerprint density at radius 1 is 1.30 bits per heavy atom. The summed E-state index contributed by atoms with van der Waals surface area (Å²) in [6.07, 6.45) is 1.42. The molecular weight excluding hydrogens is 319 g/mol. The number of hydrogen-bond donors (Lipinski definition) is 2. The lowest BCUT2D eigenvalue weighted by atomic mass is 10.0. The molecule has 7 heteroatoms. The van der Waals surface area contributed by atoms with E-state index < -0.39 is 16.1 Å². The van der Waals surface area contributed by atoms with Crippen LogP contribution in [0.4, 0.5) is 4.39 Å². The van der Waals surface area contributed by atoms with Crippen LogP contribution in [0.2, 0.25) is 0 Å². The highest BCUT2D eigenvalue weighted by Gasteiger charge is 2.24. The summed E-state index contributed by atoms with van der Waals surface area (Å²) in [7, 11) is -3.17. The van der Waals surface area contributed by atoms with Gasteiger partial charge >= 0.3 is 0 Å². The summed E-state index contributed by atoms with van der Waals surface area (Å²) in [6, 6.07) is 5.84. The van der Waals surface area contributed by atoms with Crippen LogP contribution in [0.1, 0.15) is 37.9 Å². The maximum atomic E-state index is 12.9. The van der Waals surface area contributed by atoms with E-state index >= 15 is 0 Å². The lowest BCUT2D eigenvalue weighted by molar-refractivity contribution is 0.0963. The summed E-state index contributed by atoms with van der Waals surface area (Å²) in [5.41, 5.74) is 0.692. The van der Waals surface area contributed by atoms with Crippen molar-refractivity contribution in [3.63, 3.8) is 0 Å². The first-order chi connectivity index (χ1) is 10.9. The van der Waals surface area contributed by atoms with Crippen LogP contribution in [0.5, 0.6) is 0 Å². The van der Waals surface area contributed by atoms with Gasteiger partial charge in [0, 0.05) is 12.6 Å². The fourth-order valence-electron chi connectivity index (χ4n) is 2.85. The Labute approximate surface area is 137 Å². The van der Waals surface area contributed by atoms with Gasteiger partial charge in [0.15, 0.2) is 0 Å². The Morgan fingerprint density at radius 2 is 1.91 bits per heavy atom. The number of hydrogen-bond acceptors (Lipinski definition) is 4. The summed E-state index contributed by atoms with van der Waals surface area (Å²) >= 11 is 0. The van der Waals surface area contributed by atoms with Gasteiger partial charge in [-0.3, -0.25) is 0 Å². The lowest BCUT2D eigenvalue weighted by Gasteiger charge is -2.33. The number of sulfonamides is 1. The first-order valence-corrected chi connectivity index (χ1v) is 9.70. The molecular formula is C16H25FN2O3S. The van der Waals surface area contributed by atoms with E-state index in [1.165, 1.54) is 12.1 Å². The molecule has 0 aromatic heterocycles. The SMILES string of the molecule is CCCS(=O)(=O)NC1CCN(CC(O)c2ccc(F)cc2)CC1. The summed E-state index contributed by atoms with van der Waals surface area (Å²) in [6.45, 7) is 3.79. The van der Waals surface area contributed by atoms with Gasteiger partial charge in [-0.2, -0.15) is 0 Å². The molecule has 2 rings (SSSR count). The van der Waals surface area contributed by atoms with Gasteiger partial charge in [-0.05, 0) is 50.0 Å². The second-order valence-corrected chi connectivity index (χ2v) is 7.95. The summed E-state index contributed by atoms with van der Waals surface area (Å²) in [4.78, 5) is 2.11. The Morgan fingerprint density at radius 3 is 2.48 bits per heavy atom. The van der Waals surface area contributed by atoms with Crippen molar-refractivity contribution < 1.29 is 17.9 Å². The Kier molecular flexibility index (Phi) is 6.52. The molecule has 0 spiro atoms. The highest BCUT2D eigenvalue weighted by atomic mass is 32.2. The van der Waals surface area contributed by atoms with Crippen molar-refractivity contribution in [2.24, 2.45) is 0 Å². The highest BCUT2D eigenvalue weighted by molar-refractivity contribution is 7.89. The number of aliphatic hydroxyl groups excluding tert-OH is 1. The fourth-order valence-corrected chi connectivity index (χ4v) is 4.25. The minimum absolute atomic E-state index is 0.0224. The lowest BCUT2D eigenvalue weighted by Crippen LogP contribution is -2.46. The average molecular weight is 344 g/mol. The number of piperidine rings is 1. The van der Waals surface area contributed by atoms with Gasteiger partial charge in [-0.1, -0.05) is 19.1 Å². The second kappa shape index (κ2) is 8.19. The third kappa shape index (κ3) is 5.84. The van der Waals surface area contributed by atoms with E-state index in [4.69, 9.17) is 0 Å². The van der Waals surface area contributed by atoms with Gasteiger partial charge in [0.25, 0.3) is 0 Å². The molecule has 1 aromatic carbocycles. The van der Waals surface area contributed by atoms with Gasteiger partial charge in [0.1, 0.15) is 5.82 Å². The number of likely N-dealkylation sites (tertiary alicyclic amines) is 1. The quantitative estimate of drug-likeness (QED) is 0.789. The van der Waals surface area contributed by atoms with Crippen LogP contribution in [-0.2, 0) is 10.0 Å². The molecule has 0 bridgehead atoms. The maximum Gasteiger partial charge on any atom is 0.211 e. The zero-order valence-corrected chi connectivity index (χ0v) is 14.2. The van der Waals surface area contributed by atoms with Crippen LogP contribution in [-0.4, -0.2) is 49.9 Å². The van der Waals surface area contributed by atoms with Crippen LogP contribution in [0.3, 0.4) is 0 Å². The smallest absolute Gasteiger partial charge is 0.211 e. The molecule has 2 N–H and O–H groups in total. The van der Waals surface area contributed by atoms with Crippen LogP contribution in [0, 0.1) is 5.82 Å². The van der Waals surface area contributed by atoms with Crippen molar-refractivity contribution >= 4 is 10.0 Å². The fraction of sp³-hybridized carbons (Fsp3) is 0.625. The number of halogens is 1. The molecule has 1 heterocycles. The molecule has 0 amide bonds. The van der Waals surface area contributed by atoms with Gasteiger partial charge in [-0.25, -0.2) is 17.5 Å². The van der Waals surface area contributed by atoms with Crippen molar-refractivity contribution in [3.05, 3.63) is 35.6 Å². The zero-order valence-electron chi connectivity index (χ0n) is 13.4. The second-order valence-electron chi connectivity index (χ2n) is 6.08. The Hall–Kier alpha value is -1.02. The molecule has 0 radical (unpaired) electrons. The van der Waals surface area contributed by atoms with E-state index in [0.29, 0.717) is 18.5 Å². The number of benzene rings is 1. The number of nitrogens with zero attached hydrogens (tertiary/aromatic N) is 1. The molecule has 1 saturated heterocycles. The van der Waals surface area contributed by atoms with E-state index in [0.717, 1.165) is 25.9 Å². The molecule has 0 saturated carbocycles. The minimum Gasteiger partial charge on any atom is -0.387 e. The Balaban J connectivity index is 1.79. The molecule has 1 fully saturated rings. The summed E-state index contributed by atoms with van der Waals surface area (Å²) in [5.74, 6) is -0.155. The maximum absolute atomic E-state index is 12.9.